The minimum absolute atomic E-state index is 0.00390. The lowest BCUT2D eigenvalue weighted by Crippen LogP contribution is -2.29. The first-order valence-corrected chi connectivity index (χ1v) is 6.39. The molecule has 0 aliphatic heterocycles. The summed E-state index contributed by atoms with van der Waals surface area (Å²) < 4.78 is 5.52. The zero-order valence-corrected chi connectivity index (χ0v) is 10.8. The van der Waals surface area contributed by atoms with E-state index < -0.39 is 5.91 Å². The summed E-state index contributed by atoms with van der Waals surface area (Å²) in [5, 5.41) is 11.0. The third kappa shape index (κ3) is 3.50. The summed E-state index contributed by atoms with van der Waals surface area (Å²) in [4.78, 5) is 15.3. The lowest BCUT2D eigenvalue weighted by atomic mass is 10.2. The monoisotopic (exact) mass is 279 g/mol. The molecule has 0 atom stereocenters. The van der Waals surface area contributed by atoms with Gasteiger partial charge >= 0.3 is 0 Å². The normalized spacial score (nSPS) is 10.2. The summed E-state index contributed by atoms with van der Waals surface area (Å²) in [5.74, 6) is 5.28. The van der Waals surface area contributed by atoms with Crippen LogP contribution in [0.4, 0.5) is 0 Å². The number of nitrogens with zero attached hydrogens (tertiary/aromatic N) is 1. The second-order valence-electron chi connectivity index (χ2n) is 3.71. The maximum Gasteiger partial charge on any atom is 0.294 e. The molecule has 0 aliphatic rings. The molecule has 1 aromatic carbocycles. The third-order valence-corrected chi connectivity index (χ3v) is 3.26. The molecule has 1 heterocycles. The summed E-state index contributed by atoms with van der Waals surface area (Å²) in [5.41, 5.74) is 3.51. The Labute approximate surface area is 113 Å². The molecule has 0 saturated carbocycles. The number of carbonyl (C=O) groups excluding carboxylic acids is 1. The molecule has 2 rings (SSSR count). The second kappa shape index (κ2) is 6.28. The van der Waals surface area contributed by atoms with E-state index in [9.17, 15) is 4.79 Å². The van der Waals surface area contributed by atoms with E-state index in [1.807, 2.05) is 5.43 Å². The number of thiazole rings is 1. The van der Waals surface area contributed by atoms with Gasteiger partial charge in [-0.1, -0.05) is 12.1 Å². The average molecular weight is 279 g/mol. The maximum absolute atomic E-state index is 11.2. The van der Waals surface area contributed by atoms with Crippen LogP contribution in [0, 0.1) is 0 Å². The van der Waals surface area contributed by atoms with E-state index in [1.165, 1.54) is 11.3 Å². The van der Waals surface area contributed by atoms with Crippen molar-refractivity contribution in [3.63, 3.8) is 0 Å². The lowest BCUT2D eigenvalue weighted by molar-refractivity contribution is 0.0953. The van der Waals surface area contributed by atoms with Crippen molar-refractivity contribution in [1.29, 1.82) is 0 Å². The van der Waals surface area contributed by atoms with Crippen LogP contribution in [-0.4, -0.2) is 16.0 Å². The molecule has 7 heteroatoms. The molecular weight excluding hydrogens is 266 g/mol. The Hall–Kier alpha value is -1.96. The zero-order chi connectivity index (χ0) is 13.7. The Balaban J connectivity index is 1.94. The number of hydrogen-bond acceptors (Lipinski definition) is 6. The highest BCUT2D eigenvalue weighted by atomic mass is 32.1. The van der Waals surface area contributed by atoms with Crippen molar-refractivity contribution in [3.05, 3.63) is 45.9 Å². The molecule has 6 nitrogen and oxygen atoms in total. The number of nitrogens with two attached hydrogens (primary N) is 1. The summed E-state index contributed by atoms with van der Waals surface area (Å²) in [6.45, 7) is 0.275. The van der Waals surface area contributed by atoms with Gasteiger partial charge in [0.15, 0.2) is 5.01 Å². The predicted molar refractivity (Wildman–Crippen MR) is 70.5 cm³/mol. The number of aromatic nitrogens is 1. The highest BCUT2D eigenvalue weighted by molar-refractivity contribution is 7.11. The predicted octanol–water partition coefficient (Wildman–Crippen LogP) is 0.818. The maximum atomic E-state index is 11.2. The van der Waals surface area contributed by atoms with Crippen LogP contribution in [0.1, 0.15) is 21.1 Å². The first-order valence-electron chi connectivity index (χ1n) is 5.51. The standard InChI is InChI=1S/C12H13N3O3S/c13-15-11(17)12-14-9(7-19-12)6-18-10-3-1-8(5-16)2-4-10/h1-4,7,16H,5-6,13H2,(H,15,17). The van der Waals surface area contributed by atoms with E-state index in [0.717, 1.165) is 5.56 Å². The van der Waals surface area contributed by atoms with Gasteiger partial charge < -0.3 is 9.84 Å². The third-order valence-electron chi connectivity index (χ3n) is 2.37. The van der Waals surface area contributed by atoms with Gasteiger partial charge in [-0.25, -0.2) is 10.8 Å². The van der Waals surface area contributed by atoms with E-state index in [1.54, 1.807) is 29.6 Å². The summed E-state index contributed by atoms with van der Waals surface area (Å²) in [6.07, 6.45) is 0. The first-order chi connectivity index (χ1) is 9.22. The number of aliphatic hydroxyl groups is 1. The molecule has 1 aromatic heterocycles. The molecule has 0 radical (unpaired) electrons. The number of rotatable bonds is 5. The fourth-order valence-electron chi connectivity index (χ4n) is 1.39. The Morgan fingerprint density at radius 2 is 2.16 bits per heavy atom. The fourth-order valence-corrected chi connectivity index (χ4v) is 2.09. The quantitative estimate of drug-likeness (QED) is 0.427. The number of amides is 1. The molecule has 19 heavy (non-hydrogen) atoms. The average Bonchev–Trinajstić information content (AvgIpc) is 2.93. The number of hydrazine groups is 1. The van der Waals surface area contributed by atoms with Crippen molar-refractivity contribution in [2.45, 2.75) is 13.2 Å². The number of nitrogens with one attached hydrogen (secondary N) is 1. The van der Waals surface area contributed by atoms with Gasteiger partial charge in [-0.15, -0.1) is 11.3 Å². The molecule has 1 amide bonds. The van der Waals surface area contributed by atoms with Gasteiger partial charge in [0.25, 0.3) is 5.91 Å². The van der Waals surface area contributed by atoms with E-state index >= 15 is 0 Å². The minimum Gasteiger partial charge on any atom is -0.487 e. The summed E-state index contributed by atoms with van der Waals surface area (Å²) in [6, 6.07) is 7.10. The Bertz CT molecular complexity index is 554. The van der Waals surface area contributed by atoms with Gasteiger partial charge in [-0.05, 0) is 17.7 Å². The topological polar surface area (TPSA) is 97.5 Å². The van der Waals surface area contributed by atoms with Gasteiger partial charge in [-0.3, -0.25) is 10.2 Å². The van der Waals surface area contributed by atoms with E-state index in [0.29, 0.717) is 16.5 Å². The van der Waals surface area contributed by atoms with Crippen LogP contribution in [0.25, 0.3) is 0 Å². The van der Waals surface area contributed by atoms with E-state index in [4.69, 9.17) is 15.7 Å². The van der Waals surface area contributed by atoms with Crippen molar-refractivity contribution in [1.82, 2.24) is 10.4 Å². The number of nitrogen functional groups attached to an aromatic ring is 1. The fraction of sp³-hybridized carbons (Fsp3) is 0.167. The highest BCUT2D eigenvalue weighted by Gasteiger charge is 2.09. The molecule has 0 fully saturated rings. The van der Waals surface area contributed by atoms with Gasteiger partial charge in [0.2, 0.25) is 0 Å². The van der Waals surface area contributed by atoms with Crippen LogP contribution in [0.5, 0.6) is 5.75 Å². The number of ether oxygens (including phenoxy) is 1. The highest BCUT2D eigenvalue weighted by Crippen LogP contribution is 2.15. The SMILES string of the molecule is NNC(=O)c1nc(COc2ccc(CO)cc2)cs1. The van der Waals surface area contributed by atoms with Gasteiger partial charge in [0.05, 0.1) is 12.3 Å². The molecule has 0 spiro atoms. The summed E-state index contributed by atoms with van der Waals surface area (Å²) >= 11 is 1.21. The molecule has 100 valence electrons. The number of carbonyl (C=O) groups is 1. The Morgan fingerprint density at radius 1 is 1.42 bits per heavy atom. The smallest absolute Gasteiger partial charge is 0.294 e. The molecule has 2 aromatic rings. The molecule has 0 aliphatic carbocycles. The molecule has 0 unspecified atom stereocenters. The van der Waals surface area contributed by atoms with Crippen LogP contribution >= 0.6 is 11.3 Å². The van der Waals surface area contributed by atoms with Crippen LogP contribution in [0.15, 0.2) is 29.6 Å². The van der Waals surface area contributed by atoms with Gasteiger partial charge in [-0.2, -0.15) is 0 Å². The van der Waals surface area contributed by atoms with Gasteiger partial charge in [0, 0.05) is 5.38 Å². The first kappa shape index (κ1) is 13.5. The van der Waals surface area contributed by atoms with Crippen LogP contribution in [-0.2, 0) is 13.2 Å². The summed E-state index contributed by atoms with van der Waals surface area (Å²) in [7, 11) is 0. The number of benzene rings is 1. The molecular formula is C12H13N3O3S. The molecule has 0 bridgehead atoms. The van der Waals surface area contributed by atoms with Crippen LogP contribution in [0.3, 0.4) is 0 Å². The van der Waals surface area contributed by atoms with Crippen molar-refractivity contribution < 1.29 is 14.6 Å². The van der Waals surface area contributed by atoms with E-state index in [-0.39, 0.29) is 13.2 Å². The van der Waals surface area contributed by atoms with Crippen LogP contribution < -0.4 is 16.0 Å². The van der Waals surface area contributed by atoms with Crippen LogP contribution in [0.2, 0.25) is 0 Å². The zero-order valence-electron chi connectivity index (χ0n) is 10.00. The Kier molecular flexibility index (Phi) is 4.45. The minimum atomic E-state index is -0.413. The largest absolute Gasteiger partial charge is 0.487 e. The lowest BCUT2D eigenvalue weighted by Gasteiger charge is -2.04. The van der Waals surface area contributed by atoms with Crippen molar-refractivity contribution in [2.24, 2.45) is 5.84 Å². The number of hydrogen-bond donors (Lipinski definition) is 3. The Morgan fingerprint density at radius 3 is 2.79 bits per heavy atom. The van der Waals surface area contributed by atoms with Gasteiger partial charge in [0.1, 0.15) is 12.4 Å². The van der Waals surface area contributed by atoms with E-state index in [2.05, 4.69) is 4.98 Å². The van der Waals surface area contributed by atoms with Crippen molar-refractivity contribution in [3.8, 4) is 5.75 Å². The molecule has 4 N–H and O–H groups in total. The van der Waals surface area contributed by atoms with Crippen molar-refractivity contribution >= 4 is 17.2 Å². The van der Waals surface area contributed by atoms with Crippen molar-refractivity contribution in [2.75, 3.05) is 0 Å². The molecule has 0 saturated heterocycles. The number of aliphatic hydroxyl groups excluding tert-OH is 1. The second-order valence-corrected chi connectivity index (χ2v) is 4.57.